The van der Waals surface area contributed by atoms with E-state index in [0.717, 1.165) is 31.9 Å². The highest BCUT2D eigenvalue weighted by atomic mass is 35.5. The molecular weight excluding hydrogens is 437 g/mol. The maximum absolute atomic E-state index is 14.5. The van der Waals surface area contributed by atoms with E-state index in [4.69, 9.17) is 16.3 Å². The Morgan fingerprint density at radius 2 is 1.53 bits per heavy atom. The van der Waals surface area contributed by atoms with Crippen LogP contribution in [0.2, 0.25) is 5.02 Å². The highest BCUT2D eigenvalue weighted by Gasteiger charge is 2.22. The van der Waals surface area contributed by atoms with Gasteiger partial charge in [0.05, 0.1) is 5.02 Å². The molecule has 3 aromatic carbocycles. The third-order valence-electron chi connectivity index (χ3n) is 5.69. The molecule has 3 aromatic rings. The van der Waals surface area contributed by atoms with Crippen molar-refractivity contribution in [1.29, 1.82) is 0 Å². The molecular formula is C25H24ClF3N2O. The first-order valence-electron chi connectivity index (χ1n) is 10.6. The first-order chi connectivity index (χ1) is 15.5. The largest absolute Gasteiger partial charge is 0.484 e. The molecule has 0 spiro atoms. The topological polar surface area (TPSA) is 15.7 Å². The van der Waals surface area contributed by atoms with Gasteiger partial charge < -0.3 is 9.64 Å². The van der Waals surface area contributed by atoms with Gasteiger partial charge in [-0.25, -0.2) is 13.2 Å². The standard InChI is InChI=1S/C25H24ClF3N2O/c26-22-17-19(28)7-10-25(22)32-24(21-3-1-2-4-23(21)29)11-12-30-13-15-31(16-14-30)20-8-5-18(27)6-9-20/h1-10,17,24H,11-16H2/t24-/m0/s1. The minimum atomic E-state index is -0.561. The molecule has 1 saturated heterocycles. The zero-order chi connectivity index (χ0) is 22.5. The third kappa shape index (κ3) is 5.56. The molecule has 1 fully saturated rings. The Morgan fingerprint density at radius 3 is 2.22 bits per heavy atom. The van der Waals surface area contributed by atoms with E-state index in [1.165, 1.54) is 36.4 Å². The number of hydrogen-bond acceptors (Lipinski definition) is 3. The summed E-state index contributed by atoms with van der Waals surface area (Å²) >= 11 is 6.14. The lowest BCUT2D eigenvalue weighted by Gasteiger charge is -2.36. The minimum absolute atomic E-state index is 0.152. The Balaban J connectivity index is 1.40. The van der Waals surface area contributed by atoms with Crippen molar-refractivity contribution < 1.29 is 17.9 Å². The van der Waals surface area contributed by atoms with Gasteiger partial charge in [0.1, 0.15) is 29.3 Å². The molecule has 7 heteroatoms. The Kier molecular flexibility index (Phi) is 7.22. The number of nitrogens with zero attached hydrogens (tertiary/aromatic N) is 2. The zero-order valence-corrected chi connectivity index (χ0v) is 18.2. The predicted octanol–water partition coefficient (Wildman–Crippen LogP) is 6.09. The average molecular weight is 461 g/mol. The van der Waals surface area contributed by atoms with Crippen LogP contribution < -0.4 is 9.64 Å². The van der Waals surface area contributed by atoms with Crippen LogP contribution in [0, 0.1) is 17.5 Å². The molecule has 0 saturated carbocycles. The van der Waals surface area contributed by atoms with Crippen LogP contribution in [0.15, 0.2) is 66.7 Å². The lowest BCUT2D eigenvalue weighted by molar-refractivity contribution is 0.157. The first kappa shape index (κ1) is 22.5. The lowest BCUT2D eigenvalue weighted by Crippen LogP contribution is -2.46. The molecule has 1 heterocycles. The Hall–Kier alpha value is -2.70. The second kappa shape index (κ2) is 10.3. The number of benzene rings is 3. The predicted molar refractivity (Wildman–Crippen MR) is 121 cm³/mol. The van der Waals surface area contributed by atoms with Crippen LogP contribution in [0.1, 0.15) is 18.1 Å². The molecule has 0 aromatic heterocycles. The van der Waals surface area contributed by atoms with Gasteiger partial charge in [0, 0.05) is 50.4 Å². The summed E-state index contributed by atoms with van der Waals surface area (Å²) in [5.41, 5.74) is 1.45. The number of anilines is 1. The van der Waals surface area contributed by atoms with Crippen molar-refractivity contribution in [2.24, 2.45) is 0 Å². The number of piperazine rings is 1. The molecule has 0 amide bonds. The molecule has 0 aliphatic carbocycles. The van der Waals surface area contributed by atoms with Crippen molar-refractivity contribution in [1.82, 2.24) is 4.90 Å². The van der Waals surface area contributed by atoms with Crippen molar-refractivity contribution in [2.75, 3.05) is 37.6 Å². The van der Waals surface area contributed by atoms with Crippen LogP contribution in [0.3, 0.4) is 0 Å². The number of halogens is 4. The van der Waals surface area contributed by atoms with Crippen molar-refractivity contribution >= 4 is 17.3 Å². The van der Waals surface area contributed by atoms with Crippen LogP contribution in [-0.2, 0) is 0 Å². The van der Waals surface area contributed by atoms with Crippen molar-refractivity contribution in [3.05, 3.63) is 94.8 Å². The highest BCUT2D eigenvalue weighted by molar-refractivity contribution is 6.32. The Morgan fingerprint density at radius 1 is 0.844 bits per heavy atom. The smallest absolute Gasteiger partial charge is 0.139 e. The van der Waals surface area contributed by atoms with Crippen molar-refractivity contribution in [3.8, 4) is 5.75 Å². The second-order valence-electron chi connectivity index (χ2n) is 7.80. The molecule has 32 heavy (non-hydrogen) atoms. The fraction of sp³-hybridized carbons (Fsp3) is 0.280. The Labute approximate surface area is 191 Å². The average Bonchev–Trinajstić information content (AvgIpc) is 2.79. The van der Waals surface area contributed by atoms with Gasteiger partial charge in [-0.3, -0.25) is 4.90 Å². The minimum Gasteiger partial charge on any atom is -0.484 e. The van der Waals surface area contributed by atoms with Crippen molar-refractivity contribution in [2.45, 2.75) is 12.5 Å². The van der Waals surface area contributed by atoms with Crippen LogP contribution in [0.4, 0.5) is 18.9 Å². The fourth-order valence-corrected chi connectivity index (χ4v) is 4.13. The van der Waals surface area contributed by atoms with E-state index < -0.39 is 11.9 Å². The monoisotopic (exact) mass is 460 g/mol. The van der Waals surface area contributed by atoms with Crippen LogP contribution >= 0.6 is 11.6 Å². The van der Waals surface area contributed by atoms with Crippen LogP contribution in [0.25, 0.3) is 0 Å². The molecule has 168 valence electrons. The molecule has 1 atom stereocenters. The van der Waals surface area contributed by atoms with Gasteiger partial charge in [0.15, 0.2) is 0 Å². The lowest BCUT2D eigenvalue weighted by atomic mass is 10.0. The maximum Gasteiger partial charge on any atom is 0.139 e. The summed E-state index contributed by atoms with van der Waals surface area (Å²) in [5, 5.41) is 0.152. The van der Waals surface area contributed by atoms with E-state index in [1.54, 1.807) is 30.3 Å². The number of ether oxygens (including phenoxy) is 1. The SMILES string of the molecule is Fc1ccc(N2CCN(CC[C@H](Oc3ccc(F)cc3Cl)c3ccccc3F)CC2)cc1. The third-order valence-corrected chi connectivity index (χ3v) is 5.98. The summed E-state index contributed by atoms with van der Waals surface area (Å²) in [6.45, 7) is 4.01. The summed E-state index contributed by atoms with van der Waals surface area (Å²) in [4.78, 5) is 4.52. The molecule has 3 nitrogen and oxygen atoms in total. The van der Waals surface area contributed by atoms with Gasteiger partial charge in [-0.2, -0.15) is 0 Å². The van der Waals surface area contributed by atoms with E-state index in [1.807, 2.05) is 0 Å². The Bertz CT molecular complexity index is 1040. The summed E-state index contributed by atoms with van der Waals surface area (Å²) in [6.07, 6.45) is -0.0140. The van der Waals surface area contributed by atoms with Gasteiger partial charge in [-0.05, 0) is 48.5 Å². The van der Waals surface area contributed by atoms with E-state index in [2.05, 4.69) is 9.80 Å². The van der Waals surface area contributed by atoms with Crippen LogP contribution in [-0.4, -0.2) is 37.6 Å². The summed E-state index contributed by atoms with van der Waals surface area (Å²) in [7, 11) is 0. The van der Waals surface area contributed by atoms with Gasteiger partial charge in [-0.1, -0.05) is 29.8 Å². The molecule has 1 aliphatic heterocycles. The van der Waals surface area contributed by atoms with Gasteiger partial charge >= 0.3 is 0 Å². The first-order valence-corrected chi connectivity index (χ1v) is 11.0. The van der Waals surface area contributed by atoms with E-state index in [-0.39, 0.29) is 16.7 Å². The summed E-state index contributed by atoms with van der Waals surface area (Å²) < 4.78 is 47.1. The fourth-order valence-electron chi connectivity index (χ4n) is 3.92. The van der Waals surface area contributed by atoms with E-state index in [0.29, 0.717) is 24.3 Å². The van der Waals surface area contributed by atoms with E-state index >= 15 is 0 Å². The van der Waals surface area contributed by atoms with Crippen molar-refractivity contribution in [3.63, 3.8) is 0 Å². The molecule has 1 aliphatic rings. The molecule has 0 N–H and O–H groups in total. The van der Waals surface area contributed by atoms with Gasteiger partial charge in [0.25, 0.3) is 0 Å². The van der Waals surface area contributed by atoms with E-state index in [9.17, 15) is 13.2 Å². The maximum atomic E-state index is 14.5. The van der Waals surface area contributed by atoms with Gasteiger partial charge in [0.2, 0.25) is 0 Å². The quantitative estimate of drug-likeness (QED) is 0.424. The number of hydrogen-bond donors (Lipinski definition) is 0. The highest BCUT2D eigenvalue weighted by Crippen LogP contribution is 2.32. The second-order valence-corrected chi connectivity index (χ2v) is 8.20. The zero-order valence-electron chi connectivity index (χ0n) is 17.5. The molecule has 4 rings (SSSR count). The van der Waals surface area contributed by atoms with Gasteiger partial charge in [-0.15, -0.1) is 0 Å². The summed E-state index contributed by atoms with van der Waals surface area (Å²) in [5.74, 6) is -0.726. The summed E-state index contributed by atoms with van der Waals surface area (Å²) in [6, 6.07) is 16.9. The normalized spacial score (nSPS) is 15.6. The van der Waals surface area contributed by atoms with Crippen LogP contribution in [0.5, 0.6) is 5.75 Å². The molecule has 0 unspecified atom stereocenters. The molecule has 0 bridgehead atoms. The number of rotatable bonds is 7. The molecule has 0 radical (unpaired) electrons.